The van der Waals surface area contributed by atoms with Crippen LogP contribution in [0.3, 0.4) is 0 Å². The molecule has 0 spiro atoms. The van der Waals surface area contributed by atoms with Gasteiger partial charge in [0.25, 0.3) is 15.0 Å². The van der Waals surface area contributed by atoms with Gasteiger partial charge in [-0.2, -0.15) is 0 Å². The van der Waals surface area contributed by atoms with Gasteiger partial charge in [0.05, 0.1) is 0 Å². The van der Waals surface area contributed by atoms with Crippen LogP contribution in [-0.2, 0) is 9.05 Å². The van der Waals surface area contributed by atoms with Gasteiger partial charge in [0, 0.05) is 30.0 Å². The van der Waals surface area contributed by atoms with Crippen LogP contribution in [0.5, 0.6) is 0 Å². The molecule has 1 aliphatic carbocycles. The lowest BCUT2D eigenvalue weighted by atomic mass is 9.93. The Balaban J connectivity index is 2.47. The first-order valence-electron chi connectivity index (χ1n) is 5.32. The summed E-state index contributed by atoms with van der Waals surface area (Å²) in [5, 5.41) is 2.49. The maximum atomic E-state index is 11.6. The number of nitrogens with zero attached hydrogens (tertiary/aromatic N) is 1. The number of carbonyl (C=O) groups is 1. The molecule has 1 amide bonds. The van der Waals surface area contributed by atoms with Crippen LogP contribution in [0.1, 0.15) is 35.8 Å². The van der Waals surface area contributed by atoms with Crippen molar-refractivity contribution in [3.63, 3.8) is 0 Å². The smallest absolute Gasteiger partial charge is 0.267 e. The van der Waals surface area contributed by atoms with E-state index in [0.717, 1.165) is 19.3 Å². The molecular weight excluding hydrogens is 264 g/mol. The minimum Gasteiger partial charge on any atom is -0.354 e. The van der Waals surface area contributed by atoms with Crippen LogP contribution < -0.4 is 5.32 Å². The Kier molecular flexibility index (Phi) is 3.18. The SMILES string of the molecule is CNC(=O)c1cc(S(=O)(=O)Cl)cn1C1CCC1. The number of nitrogens with one attached hydrogen (secondary N) is 1. The molecule has 1 heterocycles. The number of aromatic nitrogens is 1. The molecule has 0 unspecified atom stereocenters. The monoisotopic (exact) mass is 276 g/mol. The van der Waals surface area contributed by atoms with Gasteiger partial charge >= 0.3 is 0 Å². The van der Waals surface area contributed by atoms with E-state index in [1.165, 1.54) is 19.3 Å². The fraction of sp³-hybridized carbons (Fsp3) is 0.500. The fourth-order valence-electron chi connectivity index (χ4n) is 1.86. The lowest BCUT2D eigenvalue weighted by molar-refractivity contribution is 0.0948. The summed E-state index contributed by atoms with van der Waals surface area (Å²) in [6, 6.07) is 1.52. The third-order valence-electron chi connectivity index (χ3n) is 3.03. The number of rotatable bonds is 3. The number of halogens is 1. The number of hydrogen-bond donors (Lipinski definition) is 1. The summed E-state index contributed by atoms with van der Waals surface area (Å²) >= 11 is 0. The molecule has 5 nitrogen and oxygen atoms in total. The predicted octanol–water partition coefficient (Wildman–Crippen LogP) is 1.50. The van der Waals surface area contributed by atoms with Gasteiger partial charge in [0.15, 0.2) is 0 Å². The van der Waals surface area contributed by atoms with Gasteiger partial charge < -0.3 is 9.88 Å². The Bertz CT molecular complexity index is 546. The fourth-order valence-corrected chi connectivity index (χ4v) is 2.61. The van der Waals surface area contributed by atoms with Crippen molar-refractivity contribution in [2.24, 2.45) is 0 Å². The van der Waals surface area contributed by atoms with E-state index in [2.05, 4.69) is 5.32 Å². The van der Waals surface area contributed by atoms with Crippen molar-refractivity contribution in [3.05, 3.63) is 18.0 Å². The molecule has 0 bridgehead atoms. The largest absolute Gasteiger partial charge is 0.354 e. The zero-order valence-electron chi connectivity index (χ0n) is 9.31. The van der Waals surface area contributed by atoms with Crippen LogP contribution >= 0.6 is 10.7 Å². The molecule has 94 valence electrons. The van der Waals surface area contributed by atoms with Crippen LogP contribution in [0, 0.1) is 0 Å². The van der Waals surface area contributed by atoms with Crippen molar-refractivity contribution in [3.8, 4) is 0 Å². The van der Waals surface area contributed by atoms with Crippen molar-refractivity contribution >= 4 is 25.6 Å². The molecule has 1 saturated carbocycles. The van der Waals surface area contributed by atoms with Gasteiger partial charge in [-0.25, -0.2) is 8.42 Å². The highest BCUT2D eigenvalue weighted by Gasteiger charge is 2.26. The summed E-state index contributed by atoms with van der Waals surface area (Å²) < 4.78 is 24.2. The summed E-state index contributed by atoms with van der Waals surface area (Å²) in [5.41, 5.74) is 0.344. The maximum absolute atomic E-state index is 11.6. The van der Waals surface area contributed by atoms with Crippen molar-refractivity contribution in [1.82, 2.24) is 9.88 Å². The Morgan fingerprint density at radius 3 is 2.59 bits per heavy atom. The van der Waals surface area contributed by atoms with Crippen molar-refractivity contribution in [1.29, 1.82) is 0 Å². The molecule has 7 heteroatoms. The lowest BCUT2D eigenvalue weighted by Gasteiger charge is -2.28. The van der Waals surface area contributed by atoms with Gasteiger partial charge in [-0.15, -0.1) is 0 Å². The molecular formula is C10H13ClN2O3S. The minimum atomic E-state index is -3.79. The molecule has 1 N–H and O–H groups in total. The maximum Gasteiger partial charge on any atom is 0.267 e. The van der Waals surface area contributed by atoms with E-state index >= 15 is 0 Å². The summed E-state index contributed by atoms with van der Waals surface area (Å²) in [5.74, 6) is -0.302. The Morgan fingerprint density at radius 2 is 2.18 bits per heavy atom. The van der Waals surface area contributed by atoms with E-state index in [-0.39, 0.29) is 16.8 Å². The quantitative estimate of drug-likeness (QED) is 0.851. The molecule has 1 fully saturated rings. The number of carbonyl (C=O) groups excluding carboxylic acids is 1. The summed E-state index contributed by atoms with van der Waals surface area (Å²) in [7, 11) is 3.00. The van der Waals surface area contributed by atoms with Crippen LogP contribution in [0.2, 0.25) is 0 Å². The van der Waals surface area contributed by atoms with E-state index in [0.29, 0.717) is 5.69 Å². The van der Waals surface area contributed by atoms with Crippen molar-refractivity contribution in [2.75, 3.05) is 7.05 Å². The van der Waals surface area contributed by atoms with E-state index < -0.39 is 9.05 Å². The number of amides is 1. The molecule has 0 atom stereocenters. The highest BCUT2D eigenvalue weighted by Crippen LogP contribution is 2.34. The van der Waals surface area contributed by atoms with E-state index in [1.54, 1.807) is 4.57 Å². The first kappa shape index (κ1) is 12.4. The molecule has 0 aromatic carbocycles. The Morgan fingerprint density at radius 1 is 1.53 bits per heavy atom. The molecule has 2 rings (SSSR count). The molecule has 1 aromatic rings. The second-order valence-electron chi connectivity index (χ2n) is 4.07. The van der Waals surface area contributed by atoms with Crippen molar-refractivity contribution in [2.45, 2.75) is 30.2 Å². The van der Waals surface area contributed by atoms with Crippen LogP contribution in [0.15, 0.2) is 17.2 Å². The highest BCUT2D eigenvalue weighted by molar-refractivity contribution is 8.13. The van der Waals surface area contributed by atoms with Crippen molar-refractivity contribution < 1.29 is 13.2 Å². The molecule has 0 saturated heterocycles. The van der Waals surface area contributed by atoms with Gasteiger partial charge in [0.2, 0.25) is 0 Å². The topological polar surface area (TPSA) is 68.2 Å². The minimum absolute atomic E-state index is 0.0235. The zero-order chi connectivity index (χ0) is 12.6. The van der Waals surface area contributed by atoms with Crippen LogP contribution in [-0.4, -0.2) is 25.9 Å². The highest BCUT2D eigenvalue weighted by atomic mass is 35.7. The molecule has 17 heavy (non-hydrogen) atoms. The lowest BCUT2D eigenvalue weighted by Crippen LogP contribution is -2.25. The normalized spacial score (nSPS) is 16.6. The van der Waals surface area contributed by atoms with Gasteiger partial charge in [-0.05, 0) is 25.3 Å². The molecule has 0 radical (unpaired) electrons. The summed E-state index contributed by atoms with van der Waals surface area (Å²) in [4.78, 5) is 11.6. The van der Waals surface area contributed by atoms with Gasteiger partial charge in [0.1, 0.15) is 10.6 Å². The second-order valence-corrected chi connectivity index (χ2v) is 6.64. The Labute approximate surface area is 104 Å². The second kappa shape index (κ2) is 4.34. The van der Waals surface area contributed by atoms with E-state index in [9.17, 15) is 13.2 Å². The van der Waals surface area contributed by atoms with Gasteiger partial charge in [-0.3, -0.25) is 4.79 Å². The average Bonchev–Trinajstić information content (AvgIpc) is 2.58. The van der Waals surface area contributed by atoms with E-state index in [1.807, 2.05) is 0 Å². The molecule has 1 aromatic heterocycles. The summed E-state index contributed by atoms with van der Waals surface area (Å²) in [6.45, 7) is 0. The van der Waals surface area contributed by atoms with Gasteiger partial charge in [-0.1, -0.05) is 0 Å². The first-order chi connectivity index (χ1) is 7.93. The Hall–Kier alpha value is -1.01. The standard InChI is InChI=1S/C10H13ClN2O3S/c1-12-10(14)9-5-8(17(11,15)16)6-13(9)7-3-2-4-7/h5-7H,2-4H2,1H3,(H,12,14). The molecule has 1 aliphatic rings. The summed E-state index contributed by atoms with van der Waals surface area (Å²) in [6.07, 6.45) is 4.45. The van der Waals surface area contributed by atoms with Crippen LogP contribution in [0.4, 0.5) is 0 Å². The third kappa shape index (κ3) is 2.32. The number of hydrogen-bond acceptors (Lipinski definition) is 3. The predicted molar refractivity (Wildman–Crippen MR) is 63.7 cm³/mol. The first-order valence-corrected chi connectivity index (χ1v) is 7.63. The van der Waals surface area contributed by atoms with Crippen LogP contribution in [0.25, 0.3) is 0 Å². The average molecular weight is 277 g/mol. The third-order valence-corrected chi connectivity index (χ3v) is 4.35. The zero-order valence-corrected chi connectivity index (χ0v) is 10.9. The van der Waals surface area contributed by atoms with E-state index in [4.69, 9.17) is 10.7 Å². The molecule has 0 aliphatic heterocycles.